The molecule has 2 aliphatic rings. The third-order valence-corrected chi connectivity index (χ3v) is 7.00. The lowest BCUT2D eigenvalue weighted by atomic mass is 9.92. The van der Waals surface area contributed by atoms with Crippen molar-refractivity contribution in [2.24, 2.45) is 5.92 Å². The summed E-state index contributed by atoms with van der Waals surface area (Å²) in [5.41, 5.74) is 2.21. The molecular formula is C21H33N3O3S. The Morgan fingerprint density at radius 3 is 2.39 bits per heavy atom. The zero-order valence-electron chi connectivity index (χ0n) is 17.3. The van der Waals surface area contributed by atoms with Gasteiger partial charge in [0.15, 0.2) is 0 Å². The molecule has 0 unspecified atom stereocenters. The maximum atomic E-state index is 12.7. The van der Waals surface area contributed by atoms with Gasteiger partial charge in [0, 0.05) is 25.2 Å². The summed E-state index contributed by atoms with van der Waals surface area (Å²) in [6.45, 7) is 7.64. The van der Waals surface area contributed by atoms with Crippen molar-refractivity contribution in [3.8, 4) is 0 Å². The number of nitrogens with zero attached hydrogens (tertiary/aromatic N) is 1. The van der Waals surface area contributed by atoms with E-state index in [0.717, 1.165) is 32.1 Å². The van der Waals surface area contributed by atoms with Crippen LogP contribution in [0, 0.1) is 5.92 Å². The maximum Gasteiger partial charge on any atom is 0.317 e. The monoisotopic (exact) mass is 407 g/mol. The SMILES string of the molecule is CC(C)(C)NC(=O)N1CCC(CNS(=O)(=O)c2ccc3c(c2)CCCC3)CC1. The van der Waals surface area contributed by atoms with Crippen LogP contribution in [0.1, 0.15) is 57.6 Å². The van der Waals surface area contributed by atoms with Gasteiger partial charge >= 0.3 is 6.03 Å². The topological polar surface area (TPSA) is 78.5 Å². The van der Waals surface area contributed by atoms with Crippen molar-refractivity contribution in [1.82, 2.24) is 14.9 Å². The average molecular weight is 408 g/mol. The van der Waals surface area contributed by atoms with Crippen LogP contribution in [0.3, 0.4) is 0 Å². The van der Waals surface area contributed by atoms with Crippen LogP contribution in [0.4, 0.5) is 4.79 Å². The molecule has 1 saturated heterocycles. The van der Waals surface area contributed by atoms with Gasteiger partial charge < -0.3 is 10.2 Å². The number of carbonyl (C=O) groups excluding carboxylic acids is 1. The highest BCUT2D eigenvalue weighted by molar-refractivity contribution is 7.89. The lowest BCUT2D eigenvalue weighted by molar-refractivity contribution is 0.163. The van der Waals surface area contributed by atoms with E-state index in [4.69, 9.17) is 0 Å². The van der Waals surface area contributed by atoms with Crippen molar-refractivity contribution in [2.45, 2.75) is 69.7 Å². The van der Waals surface area contributed by atoms with Gasteiger partial charge in [0.05, 0.1) is 4.90 Å². The fourth-order valence-electron chi connectivity index (χ4n) is 3.93. The summed E-state index contributed by atoms with van der Waals surface area (Å²) in [6.07, 6.45) is 5.95. The van der Waals surface area contributed by atoms with Crippen LogP contribution < -0.4 is 10.0 Å². The number of hydrogen-bond acceptors (Lipinski definition) is 3. The molecule has 0 aromatic heterocycles. The second-order valence-electron chi connectivity index (χ2n) is 9.10. The minimum atomic E-state index is -3.49. The van der Waals surface area contributed by atoms with Gasteiger partial charge in [0.2, 0.25) is 10.0 Å². The molecule has 0 saturated carbocycles. The van der Waals surface area contributed by atoms with Gasteiger partial charge in [-0.2, -0.15) is 0 Å². The quantitative estimate of drug-likeness (QED) is 0.805. The van der Waals surface area contributed by atoms with E-state index in [0.29, 0.717) is 24.5 Å². The Kier molecular flexibility index (Phi) is 6.34. The summed E-state index contributed by atoms with van der Waals surface area (Å²) in [7, 11) is -3.49. The molecule has 1 aliphatic heterocycles. The van der Waals surface area contributed by atoms with Gasteiger partial charge in [0.25, 0.3) is 0 Å². The highest BCUT2D eigenvalue weighted by Gasteiger charge is 2.26. The highest BCUT2D eigenvalue weighted by Crippen LogP contribution is 2.24. The van der Waals surface area contributed by atoms with Gasteiger partial charge in [0.1, 0.15) is 0 Å². The second-order valence-corrected chi connectivity index (χ2v) is 10.9. The summed E-state index contributed by atoms with van der Waals surface area (Å²) in [5.74, 6) is 0.256. The number of likely N-dealkylation sites (tertiary alicyclic amines) is 1. The van der Waals surface area contributed by atoms with Gasteiger partial charge in [-0.05, 0) is 88.5 Å². The Hall–Kier alpha value is -1.60. The lowest BCUT2D eigenvalue weighted by Crippen LogP contribution is -2.51. The number of hydrogen-bond donors (Lipinski definition) is 2. The molecule has 1 aromatic carbocycles. The van der Waals surface area contributed by atoms with Gasteiger partial charge in [-0.1, -0.05) is 6.07 Å². The van der Waals surface area contributed by atoms with Crippen LogP contribution in [-0.2, 0) is 22.9 Å². The summed E-state index contributed by atoms with van der Waals surface area (Å²) < 4.78 is 28.2. The summed E-state index contributed by atoms with van der Waals surface area (Å²) in [6, 6.07) is 5.50. The number of piperidine rings is 1. The van der Waals surface area contributed by atoms with Crippen LogP contribution in [0.25, 0.3) is 0 Å². The van der Waals surface area contributed by atoms with Gasteiger partial charge in [-0.3, -0.25) is 0 Å². The summed E-state index contributed by atoms with van der Waals surface area (Å²) in [4.78, 5) is 14.4. The van der Waals surface area contributed by atoms with Crippen LogP contribution in [0.15, 0.2) is 23.1 Å². The minimum Gasteiger partial charge on any atom is -0.333 e. The third kappa shape index (κ3) is 5.47. The standard InChI is InChI=1S/C21H33N3O3S/c1-21(2,3)23-20(25)24-12-10-16(11-13-24)15-22-28(26,27)19-9-8-17-6-4-5-7-18(17)14-19/h8-9,14,16,22H,4-7,10-13,15H2,1-3H3,(H,23,25). The molecule has 7 heteroatoms. The first-order valence-electron chi connectivity index (χ1n) is 10.3. The number of aryl methyl sites for hydroxylation is 2. The van der Waals surface area contributed by atoms with Gasteiger partial charge in [-0.25, -0.2) is 17.9 Å². The molecule has 1 aliphatic carbocycles. The number of urea groups is 1. The van der Waals surface area contributed by atoms with Crippen LogP contribution in [0.5, 0.6) is 0 Å². The van der Waals surface area contributed by atoms with Crippen molar-refractivity contribution >= 4 is 16.1 Å². The largest absolute Gasteiger partial charge is 0.333 e. The van der Waals surface area contributed by atoms with E-state index in [1.807, 2.05) is 37.8 Å². The predicted molar refractivity (Wildman–Crippen MR) is 111 cm³/mol. The van der Waals surface area contributed by atoms with Crippen LogP contribution >= 0.6 is 0 Å². The minimum absolute atomic E-state index is 0.0411. The van der Waals surface area contributed by atoms with E-state index in [9.17, 15) is 13.2 Å². The second kappa shape index (κ2) is 8.41. The molecule has 0 radical (unpaired) electrons. The average Bonchev–Trinajstić information content (AvgIpc) is 2.65. The van der Waals surface area contributed by atoms with E-state index in [1.165, 1.54) is 17.5 Å². The van der Waals surface area contributed by atoms with E-state index in [1.54, 1.807) is 6.07 Å². The Bertz CT molecular complexity index is 807. The fourth-order valence-corrected chi connectivity index (χ4v) is 5.09. The number of amides is 2. The molecule has 2 N–H and O–H groups in total. The van der Waals surface area contributed by atoms with E-state index < -0.39 is 10.0 Å². The smallest absolute Gasteiger partial charge is 0.317 e. The van der Waals surface area contributed by atoms with Crippen molar-refractivity contribution in [3.05, 3.63) is 29.3 Å². The summed E-state index contributed by atoms with van der Waals surface area (Å²) in [5, 5.41) is 2.98. The van der Waals surface area contributed by atoms with Crippen molar-refractivity contribution in [3.63, 3.8) is 0 Å². The zero-order chi connectivity index (χ0) is 20.4. The van der Waals surface area contributed by atoms with Crippen molar-refractivity contribution in [1.29, 1.82) is 0 Å². The molecule has 1 fully saturated rings. The first-order valence-corrected chi connectivity index (χ1v) is 11.8. The predicted octanol–water partition coefficient (Wildman–Crippen LogP) is 3.06. The highest BCUT2D eigenvalue weighted by atomic mass is 32.2. The Labute approximate surface area is 169 Å². The van der Waals surface area contributed by atoms with Crippen LogP contribution in [0.2, 0.25) is 0 Å². The summed E-state index contributed by atoms with van der Waals surface area (Å²) >= 11 is 0. The zero-order valence-corrected chi connectivity index (χ0v) is 18.1. The molecule has 0 atom stereocenters. The maximum absolute atomic E-state index is 12.7. The fraction of sp³-hybridized carbons (Fsp3) is 0.667. The number of carbonyl (C=O) groups is 1. The number of sulfonamides is 1. The normalized spacial score (nSPS) is 18.6. The molecule has 3 rings (SSSR count). The molecule has 0 spiro atoms. The molecule has 6 nitrogen and oxygen atoms in total. The Morgan fingerprint density at radius 1 is 1.11 bits per heavy atom. The Morgan fingerprint density at radius 2 is 1.75 bits per heavy atom. The number of benzene rings is 1. The molecule has 28 heavy (non-hydrogen) atoms. The van der Waals surface area contributed by atoms with Crippen LogP contribution in [-0.4, -0.2) is 44.5 Å². The van der Waals surface area contributed by atoms with E-state index in [-0.39, 0.29) is 17.5 Å². The van der Waals surface area contributed by atoms with E-state index >= 15 is 0 Å². The van der Waals surface area contributed by atoms with Crippen molar-refractivity contribution < 1.29 is 13.2 Å². The van der Waals surface area contributed by atoms with Gasteiger partial charge in [-0.15, -0.1) is 0 Å². The Balaban J connectivity index is 1.51. The molecule has 156 valence electrons. The molecule has 2 amide bonds. The number of fused-ring (bicyclic) bond motifs is 1. The number of nitrogens with one attached hydrogen (secondary N) is 2. The molecular weight excluding hydrogens is 374 g/mol. The molecule has 0 bridgehead atoms. The number of rotatable bonds is 4. The lowest BCUT2D eigenvalue weighted by Gasteiger charge is -2.34. The van der Waals surface area contributed by atoms with E-state index in [2.05, 4.69) is 10.0 Å². The molecule has 1 aromatic rings. The first-order chi connectivity index (χ1) is 13.1. The first kappa shape index (κ1) is 21.1. The third-order valence-electron chi connectivity index (χ3n) is 5.58. The molecule has 1 heterocycles. The van der Waals surface area contributed by atoms with Crippen molar-refractivity contribution in [2.75, 3.05) is 19.6 Å².